The van der Waals surface area contributed by atoms with Crippen LogP contribution >= 0.6 is 11.6 Å². The van der Waals surface area contributed by atoms with Crippen molar-refractivity contribution >= 4 is 17.3 Å². The molecule has 1 heterocycles. The molecule has 3 aromatic rings. The molecule has 1 atom stereocenters. The van der Waals surface area contributed by atoms with Crippen LogP contribution in [0.1, 0.15) is 28.9 Å². The molecule has 4 nitrogen and oxygen atoms in total. The largest absolute Gasteiger partial charge is 0.371 e. The second-order valence-electron chi connectivity index (χ2n) is 7.16. The summed E-state index contributed by atoms with van der Waals surface area (Å²) in [7, 11) is 2.09. The highest BCUT2D eigenvalue weighted by atomic mass is 35.5. The summed E-state index contributed by atoms with van der Waals surface area (Å²) < 4.78 is 0. The highest BCUT2D eigenvalue weighted by Crippen LogP contribution is 2.30. The van der Waals surface area contributed by atoms with E-state index >= 15 is 0 Å². The number of nitriles is 1. The van der Waals surface area contributed by atoms with E-state index in [1.165, 1.54) is 17.0 Å². The minimum Gasteiger partial charge on any atom is -0.371 e. The lowest BCUT2D eigenvalue weighted by Crippen LogP contribution is -2.36. The van der Waals surface area contributed by atoms with Gasteiger partial charge in [0.2, 0.25) is 0 Å². The molecule has 2 aromatic carbocycles. The fraction of sp³-hybridized carbons (Fsp3) is 0.273. The molecule has 0 fully saturated rings. The SMILES string of the molecule is Cc1ccc(-c2nc3c([nH]2)C[C@H](N(C)c2ccc(C#N)c(Cl)c2)CC3)cc1. The molecule has 0 saturated carbocycles. The molecule has 0 spiro atoms. The van der Waals surface area contributed by atoms with Crippen molar-refractivity contribution in [1.29, 1.82) is 5.26 Å². The number of likely N-dealkylation sites (N-methyl/N-ethyl adjacent to an activating group) is 1. The van der Waals surface area contributed by atoms with Crippen molar-refractivity contribution in [3.8, 4) is 17.5 Å². The number of rotatable bonds is 3. The van der Waals surface area contributed by atoms with Gasteiger partial charge in [0.25, 0.3) is 0 Å². The quantitative estimate of drug-likeness (QED) is 0.707. The summed E-state index contributed by atoms with van der Waals surface area (Å²) in [6.45, 7) is 2.09. The van der Waals surface area contributed by atoms with E-state index in [9.17, 15) is 0 Å². The average molecular weight is 377 g/mol. The Hall–Kier alpha value is -2.77. The summed E-state index contributed by atoms with van der Waals surface area (Å²) in [5.74, 6) is 0.949. The Morgan fingerprint density at radius 2 is 2.00 bits per heavy atom. The van der Waals surface area contributed by atoms with Gasteiger partial charge in [-0.05, 0) is 38.0 Å². The number of nitrogens with zero attached hydrogens (tertiary/aromatic N) is 3. The number of fused-ring (bicyclic) bond motifs is 1. The summed E-state index contributed by atoms with van der Waals surface area (Å²) in [4.78, 5) is 10.6. The molecule has 1 aromatic heterocycles. The van der Waals surface area contributed by atoms with Crippen LogP contribution in [-0.4, -0.2) is 23.1 Å². The number of benzene rings is 2. The highest BCUT2D eigenvalue weighted by Gasteiger charge is 2.25. The van der Waals surface area contributed by atoms with Crippen LogP contribution in [0, 0.1) is 18.3 Å². The predicted octanol–water partition coefficient (Wildman–Crippen LogP) is 4.90. The zero-order valence-electron chi connectivity index (χ0n) is 15.5. The van der Waals surface area contributed by atoms with Crippen LogP contribution in [0.4, 0.5) is 5.69 Å². The van der Waals surface area contributed by atoms with Crippen molar-refractivity contribution < 1.29 is 0 Å². The molecule has 0 bridgehead atoms. The Bertz CT molecular complexity index is 1010. The summed E-state index contributed by atoms with van der Waals surface area (Å²) in [5.41, 5.74) is 6.31. The zero-order valence-corrected chi connectivity index (χ0v) is 16.2. The first-order chi connectivity index (χ1) is 13.0. The van der Waals surface area contributed by atoms with Gasteiger partial charge in [0.15, 0.2) is 0 Å². The van der Waals surface area contributed by atoms with Crippen molar-refractivity contribution in [2.75, 3.05) is 11.9 Å². The standard InChI is InChI=1S/C22H21ClN4/c1-14-3-5-15(6-4-14)22-25-20-10-9-18(12-21(20)26-22)27(2)17-8-7-16(13-24)19(23)11-17/h3-8,11,18H,9-10,12H2,1-2H3,(H,25,26)/t18-/m1/s1. The summed E-state index contributed by atoms with van der Waals surface area (Å²) >= 11 is 6.21. The lowest BCUT2D eigenvalue weighted by atomic mass is 9.94. The predicted molar refractivity (Wildman–Crippen MR) is 109 cm³/mol. The fourth-order valence-electron chi connectivity index (χ4n) is 3.67. The number of aromatic nitrogens is 2. The molecule has 5 heteroatoms. The topological polar surface area (TPSA) is 55.7 Å². The van der Waals surface area contributed by atoms with Crippen molar-refractivity contribution in [3.63, 3.8) is 0 Å². The van der Waals surface area contributed by atoms with E-state index in [0.29, 0.717) is 16.6 Å². The average Bonchev–Trinajstić information content (AvgIpc) is 3.11. The lowest BCUT2D eigenvalue weighted by Gasteiger charge is -2.32. The van der Waals surface area contributed by atoms with Crippen molar-refractivity contribution in [3.05, 3.63) is 70.0 Å². The van der Waals surface area contributed by atoms with Gasteiger partial charge in [-0.15, -0.1) is 0 Å². The number of nitrogens with one attached hydrogen (secondary N) is 1. The number of H-pyrrole nitrogens is 1. The third-order valence-corrected chi connectivity index (χ3v) is 5.68. The smallest absolute Gasteiger partial charge is 0.137 e. The zero-order chi connectivity index (χ0) is 19.0. The maximum absolute atomic E-state index is 9.06. The third kappa shape index (κ3) is 3.43. The first kappa shape index (κ1) is 17.6. The van der Waals surface area contributed by atoms with Crippen LogP contribution in [0.15, 0.2) is 42.5 Å². The second-order valence-corrected chi connectivity index (χ2v) is 7.57. The minimum absolute atomic E-state index is 0.368. The van der Waals surface area contributed by atoms with Crippen LogP contribution in [0.25, 0.3) is 11.4 Å². The molecular formula is C22H21ClN4. The van der Waals surface area contributed by atoms with Gasteiger partial charge in [0.1, 0.15) is 11.9 Å². The highest BCUT2D eigenvalue weighted by molar-refractivity contribution is 6.32. The van der Waals surface area contributed by atoms with Crippen LogP contribution in [0.5, 0.6) is 0 Å². The Morgan fingerprint density at radius 1 is 1.22 bits per heavy atom. The second kappa shape index (κ2) is 7.09. The molecular weight excluding hydrogens is 356 g/mol. The number of hydrogen-bond donors (Lipinski definition) is 1. The van der Waals surface area contributed by atoms with E-state index in [1.54, 1.807) is 6.07 Å². The maximum atomic E-state index is 9.06. The molecule has 0 aliphatic heterocycles. The first-order valence-corrected chi connectivity index (χ1v) is 9.50. The van der Waals surface area contributed by atoms with E-state index in [1.807, 2.05) is 12.1 Å². The van der Waals surface area contributed by atoms with Crippen LogP contribution < -0.4 is 4.90 Å². The van der Waals surface area contributed by atoms with Crippen molar-refractivity contribution in [1.82, 2.24) is 9.97 Å². The number of anilines is 1. The Labute approximate surface area is 164 Å². The van der Waals surface area contributed by atoms with Gasteiger partial charge in [-0.25, -0.2) is 4.98 Å². The van der Waals surface area contributed by atoms with Gasteiger partial charge in [-0.3, -0.25) is 0 Å². The summed E-state index contributed by atoms with van der Waals surface area (Å²) in [6, 6.07) is 16.6. The number of aromatic amines is 1. The Kier molecular flexibility index (Phi) is 4.63. The number of imidazole rings is 1. The number of halogens is 1. The third-order valence-electron chi connectivity index (χ3n) is 5.37. The molecule has 27 heavy (non-hydrogen) atoms. The molecule has 136 valence electrons. The van der Waals surface area contributed by atoms with Gasteiger partial charge in [0.05, 0.1) is 16.3 Å². The monoisotopic (exact) mass is 376 g/mol. The summed E-state index contributed by atoms with van der Waals surface area (Å²) in [5, 5.41) is 9.56. The lowest BCUT2D eigenvalue weighted by molar-refractivity contribution is 0.538. The molecule has 4 rings (SSSR count). The molecule has 0 saturated heterocycles. The molecule has 0 amide bonds. The van der Waals surface area contributed by atoms with Gasteiger partial charge in [-0.2, -0.15) is 5.26 Å². The van der Waals surface area contributed by atoms with Crippen molar-refractivity contribution in [2.45, 2.75) is 32.2 Å². The molecule has 0 radical (unpaired) electrons. The Balaban J connectivity index is 1.55. The van der Waals surface area contributed by atoms with Crippen LogP contribution in [0.2, 0.25) is 5.02 Å². The number of hydrogen-bond acceptors (Lipinski definition) is 3. The van der Waals surface area contributed by atoms with Gasteiger partial charge >= 0.3 is 0 Å². The van der Waals surface area contributed by atoms with E-state index in [2.05, 4.69) is 54.2 Å². The first-order valence-electron chi connectivity index (χ1n) is 9.12. The van der Waals surface area contributed by atoms with E-state index in [-0.39, 0.29) is 0 Å². The van der Waals surface area contributed by atoms with Crippen LogP contribution in [0.3, 0.4) is 0 Å². The van der Waals surface area contributed by atoms with Gasteiger partial charge in [-0.1, -0.05) is 41.4 Å². The maximum Gasteiger partial charge on any atom is 0.137 e. The fourth-order valence-corrected chi connectivity index (χ4v) is 3.88. The van der Waals surface area contributed by atoms with E-state index in [0.717, 1.165) is 36.3 Å². The van der Waals surface area contributed by atoms with Crippen LogP contribution in [-0.2, 0) is 12.8 Å². The normalized spacial score (nSPS) is 15.9. The van der Waals surface area contributed by atoms with E-state index in [4.69, 9.17) is 21.8 Å². The molecule has 1 aliphatic rings. The number of aryl methyl sites for hydroxylation is 2. The van der Waals surface area contributed by atoms with Gasteiger partial charge < -0.3 is 9.88 Å². The van der Waals surface area contributed by atoms with Crippen molar-refractivity contribution in [2.24, 2.45) is 0 Å². The molecule has 1 aliphatic carbocycles. The Morgan fingerprint density at radius 3 is 2.70 bits per heavy atom. The minimum atomic E-state index is 0.368. The summed E-state index contributed by atoms with van der Waals surface area (Å²) in [6.07, 6.45) is 2.92. The van der Waals surface area contributed by atoms with Gasteiger partial charge in [0, 0.05) is 36.5 Å². The van der Waals surface area contributed by atoms with E-state index < -0.39 is 0 Å². The molecule has 1 N–H and O–H groups in total. The molecule has 0 unspecified atom stereocenters.